The van der Waals surface area contributed by atoms with Crippen LogP contribution >= 0.6 is 0 Å². The lowest BCUT2D eigenvalue weighted by Gasteiger charge is -2.24. The molecule has 1 heterocycles. The van der Waals surface area contributed by atoms with Crippen molar-refractivity contribution >= 4 is 5.91 Å². The molecule has 25 heavy (non-hydrogen) atoms. The standard InChI is InChI=1S/C21H31NO3/c1-15(2)19(18-8-7-16-5-4-6-17(16)13-18)14-20(23)22-10-9-21(3)24-11-12-25-21/h7-8,13,15,19H,4-6,9-12,14H2,1-3H3,(H,22,23). The maximum Gasteiger partial charge on any atom is 0.220 e. The fourth-order valence-corrected chi connectivity index (χ4v) is 3.96. The number of hydrogen-bond acceptors (Lipinski definition) is 3. The van der Waals surface area contributed by atoms with Crippen LogP contribution in [-0.2, 0) is 27.1 Å². The molecule has 1 aromatic rings. The maximum absolute atomic E-state index is 12.5. The van der Waals surface area contributed by atoms with Gasteiger partial charge in [-0.2, -0.15) is 0 Å². The molecular weight excluding hydrogens is 314 g/mol. The topological polar surface area (TPSA) is 47.6 Å². The Bertz CT molecular complexity index is 605. The van der Waals surface area contributed by atoms with Crippen molar-refractivity contribution in [3.05, 3.63) is 34.9 Å². The molecule has 0 bridgehead atoms. The summed E-state index contributed by atoms with van der Waals surface area (Å²) >= 11 is 0. The Morgan fingerprint density at radius 2 is 1.92 bits per heavy atom. The maximum atomic E-state index is 12.5. The lowest BCUT2D eigenvalue weighted by Crippen LogP contribution is -2.34. The third-order valence-electron chi connectivity index (χ3n) is 5.56. The Labute approximate surface area is 151 Å². The second-order valence-electron chi connectivity index (χ2n) is 7.87. The van der Waals surface area contributed by atoms with Crippen molar-refractivity contribution in [3.8, 4) is 0 Å². The summed E-state index contributed by atoms with van der Waals surface area (Å²) in [5.74, 6) is 0.274. The highest BCUT2D eigenvalue weighted by atomic mass is 16.7. The number of ether oxygens (including phenoxy) is 2. The molecule has 138 valence electrons. The summed E-state index contributed by atoms with van der Waals surface area (Å²) in [5, 5.41) is 3.04. The smallest absolute Gasteiger partial charge is 0.220 e. The molecule has 1 fully saturated rings. The first-order valence-corrected chi connectivity index (χ1v) is 9.63. The van der Waals surface area contributed by atoms with Crippen LogP contribution in [0.25, 0.3) is 0 Å². The molecule has 1 aromatic carbocycles. The van der Waals surface area contributed by atoms with Crippen molar-refractivity contribution in [1.29, 1.82) is 0 Å². The van der Waals surface area contributed by atoms with Gasteiger partial charge >= 0.3 is 0 Å². The average Bonchev–Trinajstić information content (AvgIpc) is 3.20. The van der Waals surface area contributed by atoms with Crippen molar-refractivity contribution in [2.45, 2.75) is 64.6 Å². The van der Waals surface area contributed by atoms with E-state index in [4.69, 9.17) is 9.47 Å². The van der Waals surface area contributed by atoms with Gasteiger partial charge in [-0.3, -0.25) is 4.79 Å². The molecule has 1 atom stereocenters. The molecular formula is C21H31NO3. The van der Waals surface area contributed by atoms with E-state index in [9.17, 15) is 4.79 Å². The van der Waals surface area contributed by atoms with Gasteiger partial charge in [0.2, 0.25) is 5.91 Å². The van der Waals surface area contributed by atoms with Crippen molar-refractivity contribution in [3.63, 3.8) is 0 Å². The molecule has 2 aliphatic rings. The first kappa shape index (κ1) is 18.4. The number of nitrogens with one attached hydrogen (secondary N) is 1. The third kappa shape index (κ3) is 4.62. The second-order valence-corrected chi connectivity index (χ2v) is 7.87. The third-order valence-corrected chi connectivity index (χ3v) is 5.56. The largest absolute Gasteiger partial charge is 0.356 e. The lowest BCUT2D eigenvalue weighted by molar-refractivity contribution is -0.146. The van der Waals surface area contributed by atoms with Crippen LogP contribution in [0.15, 0.2) is 18.2 Å². The van der Waals surface area contributed by atoms with E-state index >= 15 is 0 Å². The van der Waals surface area contributed by atoms with Crippen LogP contribution in [0.2, 0.25) is 0 Å². The Kier molecular flexibility index (Phi) is 5.80. The van der Waals surface area contributed by atoms with Crippen molar-refractivity contribution in [1.82, 2.24) is 5.32 Å². The van der Waals surface area contributed by atoms with Gasteiger partial charge in [-0.1, -0.05) is 32.0 Å². The summed E-state index contributed by atoms with van der Waals surface area (Å²) in [7, 11) is 0. The minimum atomic E-state index is -0.537. The molecule has 1 unspecified atom stereocenters. The summed E-state index contributed by atoms with van der Waals surface area (Å²) in [4.78, 5) is 12.5. The van der Waals surface area contributed by atoms with Gasteiger partial charge in [0.1, 0.15) is 0 Å². The number of amides is 1. The molecule has 0 radical (unpaired) electrons. The summed E-state index contributed by atoms with van der Waals surface area (Å²) in [6.45, 7) is 8.20. The van der Waals surface area contributed by atoms with Gasteiger partial charge in [-0.05, 0) is 54.7 Å². The Balaban J connectivity index is 1.55. The number of rotatable bonds is 7. The normalized spacial score (nSPS) is 19.8. The zero-order valence-electron chi connectivity index (χ0n) is 15.8. The Hall–Kier alpha value is -1.39. The molecule has 4 nitrogen and oxygen atoms in total. The summed E-state index contributed by atoms with van der Waals surface area (Å²) in [6, 6.07) is 6.82. The second kappa shape index (κ2) is 7.88. The zero-order valence-corrected chi connectivity index (χ0v) is 15.8. The average molecular weight is 345 g/mol. The molecule has 0 saturated carbocycles. The molecule has 1 amide bonds. The molecule has 0 spiro atoms. The van der Waals surface area contributed by atoms with E-state index in [1.165, 1.54) is 36.0 Å². The number of fused-ring (bicyclic) bond motifs is 1. The number of benzene rings is 1. The molecule has 3 rings (SSSR count). The minimum absolute atomic E-state index is 0.112. The van der Waals surface area contributed by atoms with Crippen LogP contribution in [-0.4, -0.2) is 31.5 Å². The van der Waals surface area contributed by atoms with E-state index in [2.05, 4.69) is 37.4 Å². The van der Waals surface area contributed by atoms with Gasteiger partial charge < -0.3 is 14.8 Å². The highest BCUT2D eigenvalue weighted by molar-refractivity contribution is 5.76. The van der Waals surface area contributed by atoms with Crippen LogP contribution in [0.4, 0.5) is 0 Å². The molecule has 1 N–H and O–H groups in total. The molecule has 1 saturated heterocycles. The molecule has 4 heteroatoms. The Morgan fingerprint density at radius 1 is 1.20 bits per heavy atom. The van der Waals surface area contributed by atoms with Crippen LogP contribution < -0.4 is 5.32 Å². The summed E-state index contributed by atoms with van der Waals surface area (Å²) in [5.41, 5.74) is 4.27. The van der Waals surface area contributed by atoms with E-state index in [-0.39, 0.29) is 11.8 Å². The van der Waals surface area contributed by atoms with Crippen LogP contribution in [0.3, 0.4) is 0 Å². The number of carbonyl (C=O) groups is 1. The highest BCUT2D eigenvalue weighted by Crippen LogP contribution is 2.32. The first-order chi connectivity index (χ1) is 12.0. The van der Waals surface area contributed by atoms with Gasteiger partial charge in [0.15, 0.2) is 5.79 Å². The van der Waals surface area contributed by atoms with Gasteiger partial charge in [-0.25, -0.2) is 0 Å². The van der Waals surface area contributed by atoms with Crippen LogP contribution in [0.1, 0.15) is 62.6 Å². The SMILES string of the molecule is CC(C)C(CC(=O)NCCC1(C)OCCO1)c1ccc2c(c1)CCC2. The van der Waals surface area contributed by atoms with E-state index < -0.39 is 5.79 Å². The van der Waals surface area contributed by atoms with Crippen LogP contribution in [0, 0.1) is 5.92 Å². The minimum Gasteiger partial charge on any atom is -0.356 e. The van der Waals surface area contributed by atoms with E-state index in [0.29, 0.717) is 38.5 Å². The van der Waals surface area contributed by atoms with Gasteiger partial charge in [0.05, 0.1) is 13.2 Å². The highest BCUT2D eigenvalue weighted by Gasteiger charge is 2.30. The van der Waals surface area contributed by atoms with Crippen molar-refractivity contribution < 1.29 is 14.3 Å². The van der Waals surface area contributed by atoms with Crippen molar-refractivity contribution in [2.75, 3.05) is 19.8 Å². The Morgan fingerprint density at radius 3 is 2.64 bits per heavy atom. The van der Waals surface area contributed by atoms with Crippen LogP contribution in [0.5, 0.6) is 0 Å². The molecule has 1 aliphatic carbocycles. The summed E-state index contributed by atoms with van der Waals surface area (Å²) in [6.07, 6.45) is 4.86. The number of carbonyl (C=O) groups excluding carboxylic acids is 1. The van der Waals surface area contributed by atoms with Gasteiger partial charge in [0, 0.05) is 19.4 Å². The van der Waals surface area contributed by atoms with E-state index in [1.807, 2.05) is 6.92 Å². The zero-order chi connectivity index (χ0) is 17.9. The summed E-state index contributed by atoms with van der Waals surface area (Å²) < 4.78 is 11.2. The predicted octanol–water partition coefficient (Wildman–Crippen LogP) is 3.57. The lowest BCUT2D eigenvalue weighted by atomic mass is 9.84. The molecule has 1 aliphatic heterocycles. The monoisotopic (exact) mass is 345 g/mol. The van der Waals surface area contributed by atoms with Gasteiger partial charge in [0.25, 0.3) is 0 Å². The van der Waals surface area contributed by atoms with Crippen molar-refractivity contribution in [2.24, 2.45) is 5.92 Å². The fourth-order valence-electron chi connectivity index (χ4n) is 3.96. The fraction of sp³-hybridized carbons (Fsp3) is 0.667. The quantitative estimate of drug-likeness (QED) is 0.822. The van der Waals surface area contributed by atoms with E-state index in [0.717, 1.165) is 0 Å². The predicted molar refractivity (Wildman–Crippen MR) is 98.6 cm³/mol. The first-order valence-electron chi connectivity index (χ1n) is 9.63. The van der Waals surface area contributed by atoms with Gasteiger partial charge in [-0.15, -0.1) is 0 Å². The van der Waals surface area contributed by atoms with E-state index in [1.54, 1.807) is 0 Å². The number of aryl methyl sites for hydroxylation is 2. The molecule has 0 aromatic heterocycles. The number of hydrogen-bond donors (Lipinski definition) is 1.